The molecular weight excluding hydrogens is 410 g/mol. The fraction of sp³-hybridized carbons (Fsp3) is 0.240. The zero-order valence-electron chi connectivity index (χ0n) is 17.4. The first kappa shape index (κ1) is 19.8. The molecule has 2 heterocycles. The van der Waals surface area contributed by atoms with Crippen molar-refractivity contribution in [3.63, 3.8) is 0 Å². The molecule has 2 aromatic carbocycles. The van der Waals surface area contributed by atoms with Crippen molar-refractivity contribution < 1.29 is 9.53 Å². The third kappa shape index (κ3) is 3.49. The third-order valence-corrected chi connectivity index (χ3v) is 6.24. The Labute approximate surface area is 185 Å². The first-order chi connectivity index (χ1) is 15.1. The molecule has 1 atom stereocenters. The van der Waals surface area contributed by atoms with E-state index in [1.165, 1.54) is 0 Å². The molecule has 6 heteroatoms. The molecule has 0 bridgehead atoms. The van der Waals surface area contributed by atoms with Gasteiger partial charge in [0.25, 0.3) is 0 Å². The van der Waals surface area contributed by atoms with Crippen molar-refractivity contribution in [1.82, 2.24) is 14.6 Å². The highest BCUT2D eigenvalue weighted by molar-refractivity contribution is 6.30. The van der Waals surface area contributed by atoms with E-state index in [4.69, 9.17) is 26.4 Å². The van der Waals surface area contributed by atoms with Gasteiger partial charge in [0, 0.05) is 23.2 Å². The number of methoxy groups -OCH3 is 1. The third-order valence-electron chi connectivity index (χ3n) is 5.99. The Balaban J connectivity index is 1.62. The van der Waals surface area contributed by atoms with Crippen LogP contribution in [0.15, 0.2) is 54.7 Å². The average Bonchev–Trinajstić information content (AvgIpc) is 3.16. The summed E-state index contributed by atoms with van der Waals surface area (Å²) in [7, 11) is 1.66. The first-order valence-electron chi connectivity index (χ1n) is 10.4. The number of halogens is 1. The van der Waals surface area contributed by atoms with Crippen LogP contribution in [0.3, 0.4) is 0 Å². The van der Waals surface area contributed by atoms with E-state index < -0.39 is 0 Å². The number of ketones is 1. The van der Waals surface area contributed by atoms with Crippen molar-refractivity contribution in [2.24, 2.45) is 0 Å². The van der Waals surface area contributed by atoms with Crippen molar-refractivity contribution >= 4 is 23.0 Å². The molecule has 1 unspecified atom stereocenters. The van der Waals surface area contributed by atoms with Crippen LogP contribution in [0, 0.1) is 0 Å². The molecule has 1 aliphatic rings. The SMILES string of the molecule is CCc1nn2cc3c(nc2c1-c1ccc(OC)cc1)CC(c1ccc(Cl)cc1)CC3=O. The Morgan fingerprint density at radius 2 is 1.84 bits per heavy atom. The second-order valence-electron chi connectivity index (χ2n) is 7.85. The van der Waals surface area contributed by atoms with Crippen LogP contribution in [0.25, 0.3) is 16.8 Å². The van der Waals surface area contributed by atoms with Gasteiger partial charge in [-0.25, -0.2) is 9.50 Å². The highest BCUT2D eigenvalue weighted by atomic mass is 35.5. The maximum Gasteiger partial charge on any atom is 0.166 e. The largest absolute Gasteiger partial charge is 0.497 e. The summed E-state index contributed by atoms with van der Waals surface area (Å²) < 4.78 is 7.06. The minimum Gasteiger partial charge on any atom is -0.497 e. The summed E-state index contributed by atoms with van der Waals surface area (Å²) in [6, 6.07) is 15.7. The molecule has 0 radical (unpaired) electrons. The number of Topliss-reactive ketones (excluding diaryl/α,β-unsaturated/α-hetero) is 1. The van der Waals surface area contributed by atoms with E-state index in [0.717, 1.165) is 45.9 Å². The van der Waals surface area contributed by atoms with E-state index in [0.29, 0.717) is 23.4 Å². The summed E-state index contributed by atoms with van der Waals surface area (Å²) in [5.41, 5.74) is 6.41. The molecule has 0 aliphatic heterocycles. The van der Waals surface area contributed by atoms with Gasteiger partial charge < -0.3 is 4.74 Å². The molecule has 0 amide bonds. The Morgan fingerprint density at radius 3 is 2.52 bits per heavy atom. The van der Waals surface area contributed by atoms with Crippen LogP contribution in [-0.2, 0) is 12.8 Å². The minimum absolute atomic E-state index is 0.102. The molecule has 31 heavy (non-hydrogen) atoms. The Morgan fingerprint density at radius 1 is 1.10 bits per heavy atom. The van der Waals surface area contributed by atoms with Gasteiger partial charge in [-0.3, -0.25) is 4.79 Å². The van der Waals surface area contributed by atoms with Crippen molar-refractivity contribution in [2.45, 2.75) is 32.1 Å². The molecule has 0 N–H and O–H groups in total. The van der Waals surface area contributed by atoms with Crippen LogP contribution in [0.2, 0.25) is 5.02 Å². The summed E-state index contributed by atoms with van der Waals surface area (Å²) in [4.78, 5) is 17.9. The van der Waals surface area contributed by atoms with Gasteiger partial charge >= 0.3 is 0 Å². The van der Waals surface area contributed by atoms with Crippen LogP contribution in [0.5, 0.6) is 5.75 Å². The lowest BCUT2D eigenvalue weighted by Gasteiger charge is -2.23. The first-order valence-corrected chi connectivity index (χ1v) is 10.8. The van der Waals surface area contributed by atoms with Crippen molar-refractivity contribution in [3.8, 4) is 16.9 Å². The number of carbonyl (C=O) groups is 1. The Kier molecular flexibility index (Phi) is 4.98. The summed E-state index contributed by atoms with van der Waals surface area (Å²) in [5.74, 6) is 1.01. The van der Waals surface area contributed by atoms with Gasteiger partial charge in [0.2, 0.25) is 0 Å². The molecule has 0 fully saturated rings. The number of rotatable bonds is 4. The van der Waals surface area contributed by atoms with Gasteiger partial charge in [0.1, 0.15) is 5.75 Å². The van der Waals surface area contributed by atoms with Crippen LogP contribution in [-0.4, -0.2) is 27.5 Å². The van der Waals surface area contributed by atoms with Crippen molar-refractivity contribution in [3.05, 3.63) is 82.3 Å². The summed E-state index contributed by atoms with van der Waals surface area (Å²) in [6.45, 7) is 2.08. The number of hydrogen-bond donors (Lipinski definition) is 0. The smallest absolute Gasteiger partial charge is 0.166 e. The minimum atomic E-state index is 0.102. The molecule has 1 aliphatic carbocycles. The van der Waals surface area contributed by atoms with Gasteiger partial charge in [-0.15, -0.1) is 0 Å². The fourth-order valence-electron chi connectivity index (χ4n) is 4.35. The predicted octanol–water partition coefficient (Wildman–Crippen LogP) is 5.53. The quantitative estimate of drug-likeness (QED) is 0.426. The summed E-state index contributed by atoms with van der Waals surface area (Å²) in [5, 5.41) is 5.43. The number of aromatic nitrogens is 3. The summed E-state index contributed by atoms with van der Waals surface area (Å²) in [6.07, 6.45) is 3.81. The summed E-state index contributed by atoms with van der Waals surface area (Å²) >= 11 is 6.04. The van der Waals surface area contributed by atoms with Crippen molar-refractivity contribution in [2.75, 3.05) is 7.11 Å². The highest BCUT2D eigenvalue weighted by Crippen LogP contribution is 2.35. The Bertz CT molecular complexity index is 1280. The monoisotopic (exact) mass is 431 g/mol. The number of aryl methyl sites for hydroxylation is 1. The lowest BCUT2D eigenvalue weighted by Crippen LogP contribution is -2.21. The second-order valence-corrected chi connectivity index (χ2v) is 8.29. The second kappa shape index (κ2) is 7.82. The highest BCUT2D eigenvalue weighted by Gasteiger charge is 2.29. The van der Waals surface area contributed by atoms with E-state index in [1.807, 2.05) is 54.7 Å². The molecule has 5 nitrogen and oxygen atoms in total. The predicted molar refractivity (Wildman–Crippen MR) is 121 cm³/mol. The van der Waals surface area contributed by atoms with E-state index in [-0.39, 0.29) is 11.7 Å². The zero-order valence-corrected chi connectivity index (χ0v) is 18.2. The molecular formula is C25H22ClN3O2. The standard InChI is InChI=1S/C25H22ClN3O2/c1-3-21-24(16-6-10-19(31-2)11-7-16)25-27-22-12-17(15-4-8-18(26)9-5-15)13-23(30)20(22)14-29(25)28-21/h4-11,14,17H,3,12-13H2,1-2H3. The molecule has 0 saturated carbocycles. The number of benzene rings is 2. The van der Waals surface area contributed by atoms with Crippen LogP contribution >= 0.6 is 11.6 Å². The Hall–Kier alpha value is -3.18. The van der Waals surface area contributed by atoms with Gasteiger partial charge in [0.15, 0.2) is 11.4 Å². The normalized spacial score (nSPS) is 15.8. The van der Waals surface area contributed by atoms with E-state index in [2.05, 4.69) is 6.92 Å². The molecule has 5 rings (SSSR count). The lowest BCUT2D eigenvalue weighted by molar-refractivity contribution is 0.0962. The number of carbonyl (C=O) groups excluding carboxylic acids is 1. The number of fused-ring (bicyclic) bond motifs is 2. The topological polar surface area (TPSA) is 56.5 Å². The van der Waals surface area contributed by atoms with Crippen LogP contribution < -0.4 is 4.74 Å². The maximum absolute atomic E-state index is 13.0. The van der Waals surface area contributed by atoms with Gasteiger partial charge in [-0.1, -0.05) is 42.8 Å². The van der Waals surface area contributed by atoms with E-state index >= 15 is 0 Å². The number of nitrogens with zero attached hydrogens (tertiary/aromatic N) is 3. The van der Waals surface area contributed by atoms with Crippen LogP contribution in [0.1, 0.15) is 46.6 Å². The molecule has 156 valence electrons. The van der Waals surface area contributed by atoms with Gasteiger partial charge in [-0.05, 0) is 54.2 Å². The number of hydrogen-bond acceptors (Lipinski definition) is 4. The lowest BCUT2D eigenvalue weighted by atomic mass is 9.82. The molecule has 2 aromatic heterocycles. The van der Waals surface area contributed by atoms with Gasteiger partial charge in [-0.2, -0.15) is 5.10 Å². The average molecular weight is 432 g/mol. The molecule has 0 saturated heterocycles. The fourth-order valence-corrected chi connectivity index (χ4v) is 4.48. The molecule has 4 aromatic rings. The number of ether oxygens (including phenoxy) is 1. The molecule has 0 spiro atoms. The van der Waals surface area contributed by atoms with Crippen molar-refractivity contribution in [1.29, 1.82) is 0 Å². The zero-order chi connectivity index (χ0) is 21.5. The van der Waals surface area contributed by atoms with Gasteiger partial charge in [0.05, 0.1) is 24.1 Å². The van der Waals surface area contributed by atoms with Crippen LogP contribution in [0.4, 0.5) is 0 Å². The van der Waals surface area contributed by atoms with E-state index in [1.54, 1.807) is 11.6 Å². The maximum atomic E-state index is 13.0. The van der Waals surface area contributed by atoms with E-state index in [9.17, 15) is 4.79 Å².